The zero-order chi connectivity index (χ0) is 18.7. The molecule has 0 atom stereocenters. The number of nitrogens with zero attached hydrogens (tertiary/aromatic N) is 1. The van der Waals surface area contributed by atoms with Crippen LogP contribution in [0.4, 0.5) is 8.78 Å². The maximum atomic E-state index is 13.8. The summed E-state index contributed by atoms with van der Waals surface area (Å²) in [4.78, 5) is 27.0. The molecule has 0 bridgehead atoms. The fourth-order valence-electron chi connectivity index (χ4n) is 3.06. The molecule has 0 spiro atoms. The number of nitrogens with one attached hydrogen (secondary N) is 1. The SMILES string of the molecule is O=C(O)CC1(NC(=O)CCc2ncc(-c3ccc(F)cc3F)o2)CCC1. The molecule has 26 heavy (non-hydrogen) atoms. The minimum Gasteiger partial charge on any atom is -0.481 e. The van der Waals surface area contributed by atoms with E-state index in [4.69, 9.17) is 9.52 Å². The summed E-state index contributed by atoms with van der Waals surface area (Å²) in [7, 11) is 0. The summed E-state index contributed by atoms with van der Waals surface area (Å²) in [5.74, 6) is -2.26. The number of rotatable bonds is 7. The van der Waals surface area contributed by atoms with Crippen molar-refractivity contribution in [3.63, 3.8) is 0 Å². The summed E-state index contributed by atoms with van der Waals surface area (Å²) in [6, 6.07) is 3.13. The Labute approximate surface area is 148 Å². The van der Waals surface area contributed by atoms with Crippen LogP contribution >= 0.6 is 0 Å². The first-order chi connectivity index (χ1) is 12.4. The third-order valence-electron chi connectivity index (χ3n) is 4.52. The third-order valence-corrected chi connectivity index (χ3v) is 4.52. The van der Waals surface area contributed by atoms with Crippen LogP contribution in [0.1, 0.15) is 38.0 Å². The lowest BCUT2D eigenvalue weighted by Gasteiger charge is -2.41. The molecule has 1 fully saturated rings. The number of carboxylic acid groups (broad SMARTS) is 1. The number of aliphatic carboxylic acids is 1. The molecule has 2 aromatic rings. The van der Waals surface area contributed by atoms with Crippen LogP contribution in [-0.2, 0) is 16.0 Å². The zero-order valence-corrected chi connectivity index (χ0v) is 13.9. The molecule has 1 aliphatic carbocycles. The van der Waals surface area contributed by atoms with Crippen LogP contribution in [0.15, 0.2) is 28.8 Å². The average Bonchev–Trinajstić information content (AvgIpc) is 2.99. The van der Waals surface area contributed by atoms with E-state index in [0.29, 0.717) is 12.8 Å². The highest BCUT2D eigenvalue weighted by Crippen LogP contribution is 2.35. The third kappa shape index (κ3) is 4.07. The molecule has 0 saturated heterocycles. The number of oxazole rings is 1. The number of aryl methyl sites for hydroxylation is 1. The van der Waals surface area contributed by atoms with Crippen molar-refractivity contribution in [2.24, 2.45) is 0 Å². The summed E-state index contributed by atoms with van der Waals surface area (Å²) in [5.41, 5.74) is -0.563. The molecular formula is C18H18F2N2O4. The van der Waals surface area contributed by atoms with Crippen molar-refractivity contribution in [1.82, 2.24) is 10.3 Å². The number of carboxylic acids is 1. The number of aromatic nitrogens is 1. The van der Waals surface area contributed by atoms with E-state index in [-0.39, 0.29) is 42.4 Å². The molecule has 1 amide bonds. The molecule has 1 saturated carbocycles. The predicted octanol–water partition coefficient (Wildman–Crippen LogP) is 3.07. The molecular weight excluding hydrogens is 346 g/mol. The van der Waals surface area contributed by atoms with Gasteiger partial charge in [0, 0.05) is 18.9 Å². The van der Waals surface area contributed by atoms with Gasteiger partial charge in [-0.1, -0.05) is 0 Å². The molecule has 3 rings (SSSR count). The van der Waals surface area contributed by atoms with Crippen LogP contribution in [0.3, 0.4) is 0 Å². The topological polar surface area (TPSA) is 92.4 Å². The Morgan fingerprint density at radius 2 is 2.08 bits per heavy atom. The first-order valence-corrected chi connectivity index (χ1v) is 8.30. The Hall–Kier alpha value is -2.77. The lowest BCUT2D eigenvalue weighted by Crippen LogP contribution is -2.54. The van der Waals surface area contributed by atoms with E-state index in [1.165, 1.54) is 12.3 Å². The lowest BCUT2D eigenvalue weighted by atomic mass is 9.74. The molecule has 6 nitrogen and oxygen atoms in total. The van der Waals surface area contributed by atoms with Gasteiger partial charge >= 0.3 is 5.97 Å². The van der Waals surface area contributed by atoms with Crippen molar-refractivity contribution in [3.8, 4) is 11.3 Å². The van der Waals surface area contributed by atoms with Crippen LogP contribution in [0, 0.1) is 11.6 Å². The van der Waals surface area contributed by atoms with Gasteiger partial charge in [0.25, 0.3) is 0 Å². The highest BCUT2D eigenvalue weighted by atomic mass is 19.1. The van der Waals surface area contributed by atoms with Gasteiger partial charge < -0.3 is 14.8 Å². The van der Waals surface area contributed by atoms with Gasteiger partial charge in [0.15, 0.2) is 11.7 Å². The number of hydrogen-bond acceptors (Lipinski definition) is 4. The monoisotopic (exact) mass is 364 g/mol. The van der Waals surface area contributed by atoms with Gasteiger partial charge in [0.05, 0.1) is 23.7 Å². The average molecular weight is 364 g/mol. The van der Waals surface area contributed by atoms with E-state index in [9.17, 15) is 18.4 Å². The van der Waals surface area contributed by atoms with Crippen LogP contribution in [0.25, 0.3) is 11.3 Å². The minimum absolute atomic E-state index is 0.0766. The number of benzene rings is 1. The maximum Gasteiger partial charge on any atom is 0.305 e. The van der Waals surface area contributed by atoms with Crippen molar-refractivity contribution in [3.05, 3.63) is 41.9 Å². The maximum absolute atomic E-state index is 13.8. The van der Waals surface area contributed by atoms with Crippen molar-refractivity contribution in [1.29, 1.82) is 0 Å². The van der Waals surface area contributed by atoms with Gasteiger partial charge in [-0.3, -0.25) is 9.59 Å². The molecule has 0 radical (unpaired) electrons. The summed E-state index contributed by atoms with van der Waals surface area (Å²) < 4.78 is 32.1. The second-order valence-corrected chi connectivity index (χ2v) is 6.49. The van der Waals surface area contributed by atoms with Crippen LogP contribution in [0.2, 0.25) is 0 Å². The Morgan fingerprint density at radius 3 is 2.69 bits per heavy atom. The highest BCUT2D eigenvalue weighted by molar-refractivity contribution is 5.78. The quantitative estimate of drug-likeness (QED) is 0.788. The van der Waals surface area contributed by atoms with Crippen molar-refractivity contribution in [2.45, 2.75) is 44.1 Å². The van der Waals surface area contributed by atoms with E-state index in [0.717, 1.165) is 18.6 Å². The van der Waals surface area contributed by atoms with E-state index in [1.54, 1.807) is 0 Å². The van der Waals surface area contributed by atoms with Gasteiger partial charge in [0.1, 0.15) is 11.6 Å². The first-order valence-electron chi connectivity index (χ1n) is 8.30. The second-order valence-electron chi connectivity index (χ2n) is 6.49. The smallest absolute Gasteiger partial charge is 0.305 e. The van der Waals surface area contributed by atoms with Crippen molar-refractivity contribution >= 4 is 11.9 Å². The Morgan fingerprint density at radius 1 is 1.31 bits per heavy atom. The van der Waals surface area contributed by atoms with E-state index < -0.39 is 23.1 Å². The number of hydrogen-bond donors (Lipinski definition) is 2. The molecule has 1 aromatic heterocycles. The second kappa shape index (κ2) is 7.23. The molecule has 8 heteroatoms. The Kier molecular flexibility index (Phi) is 5.01. The molecule has 1 heterocycles. The molecule has 2 N–H and O–H groups in total. The van der Waals surface area contributed by atoms with Crippen molar-refractivity contribution in [2.75, 3.05) is 0 Å². The fourth-order valence-corrected chi connectivity index (χ4v) is 3.06. The summed E-state index contributed by atoms with van der Waals surface area (Å²) in [5, 5.41) is 11.7. The number of halogens is 2. The minimum atomic E-state index is -0.941. The molecule has 0 aliphatic heterocycles. The highest BCUT2D eigenvalue weighted by Gasteiger charge is 2.40. The van der Waals surface area contributed by atoms with Gasteiger partial charge in [-0.15, -0.1) is 0 Å². The molecule has 1 aliphatic rings. The van der Waals surface area contributed by atoms with Gasteiger partial charge in [-0.25, -0.2) is 13.8 Å². The van der Waals surface area contributed by atoms with Gasteiger partial charge in [0.2, 0.25) is 5.91 Å². The molecule has 0 unspecified atom stereocenters. The van der Waals surface area contributed by atoms with Gasteiger partial charge in [-0.05, 0) is 31.4 Å². The Balaban J connectivity index is 1.58. The van der Waals surface area contributed by atoms with Crippen LogP contribution < -0.4 is 5.32 Å². The first kappa shape index (κ1) is 18.0. The van der Waals surface area contributed by atoms with Crippen LogP contribution in [-0.4, -0.2) is 27.5 Å². The Bertz CT molecular complexity index is 830. The number of carbonyl (C=O) groups excluding carboxylic acids is 1. The van der Waals surface area contributed by atoms with Gasteiger partial charge in [-0.2, -0.15) is 0 Å². The fraction of sp³-hybridized carbons (Fsp3) is 0.389. The summed E-state index contributed by atoms with van der Waals surface area (Å²) in [6.45, 7) is 0. The zero-order valence-electron chi connectivity index (χ0n) is 13.9. The van der Waals surface area contributed by atoms with E-state index >= 15 is 0 Å². The summed E-state index contributed by atoms with van der Waals surface area (Å²) >= 11 is 0. The summed E-state index contributed by atoms with van der Waals surface area (Å²) in [6.07, 6.45) is 3.69. The standard InChI is InChI=1S/C18H18F2N2O4/c19-11-2-3-12(13(20)8-11)14-10-21-16(26-14)5-4-15(23)22-18(6-1-7-18)9-17(24)25/h2-3,8,10H,1,4-7,9H2,(H,22,23)(H,24,25). The lowest BCUT2D eigenvalue weighted by molar-refractivity contribution is -0.140. The van der Waals surface area contributed by atoms with E-state index in [2.05, 4.69) is 10.3 Å². The predicted molar refractivity (Wildman–Crippen MR) is 87.2 cm³/mol. The molecule has 1 aromatic carbocycles. The van der Waals surface area contributed by atoms with Crippen LogP contribution in [0.5, 0.6) is 0 Å². The normalized spacial score (nSPS) is 15.3. The number of amides is 1. The number of carbonyl (C=O) groups is 2. The van der Waals surface area contributed by atoms with E-state index in [1.807, 2.05) is 0 Å². The molecule has 138 valence electrons. The largest absolute Gasteiger partial charge is 0.481 e. The van der Waals surface area contributed by atoms with Crippen molar-refractivity contribution < 1.29 is 27.9 Å².